The molecule has 2 rings (SSSR count). The van der Waals surface area contributed by atoms with Crippen molar-refractivity contribution in [2.45, 2.75) is 6.42 Å². The van der Waals surface area contributed by atoms with E-state index in [9.17, 15) is 4.79 Å². The van der Waals surface area contributed by atoms with Crippen molar-refractivity contribution in [3.05, 3.63) is 36.7 Å². The molecule has 15 heavy (non-hydrogen) atoms. The number of pyridine rings is 1. The maximum atomic E-state index is 10.5. The molecule has 0 radical (unpaired) electrons. The molecule has 0 aliphatic heterocycles. The van der Waals surface area contributed by atoms with Gasteiger partial charge in [-0.25, -0.2) is 4.98 Å². The van der Waals surface area contributed by atoms with Crippen LogP contribution in [-0.2, 0) is 11.2 Å². The van der Waals surface area contributed by atoms with Crippen molar-refractivity contribution in [2.75, 3.05) is 0 Å². The highest BCUT2D eigenvalue weighted by Gasteiger charge is 2.13. The predicted octanol–water partition coefficient (Wildman–Crippen LogP) is 1.36. The first-order valence-corrected chi connectivity index (χ1v) is 4.32. The third-order valence-electron chi connectivity index (χ3n) is 1.89. The Bertz CT molecular complexity index is 465. The fourth-order valence-corrected chi connectivity index (χ4v) is 1.27. The van der Waals surface area contributed by atoms with Gasteiger partial charge in [-0.15, -0.1) is 0 Å². The van der Waals surface area contributed by atoms with Crippen LogP contribution in [0.25, 0.3) is 11.3 Å². The number of hydrogen-bond donors (Lipinski definition) is 1. The molecule has 1 N–H and O–H groups in total. The second-order valence-electron chi connectivity index (χ2n) is 2.94. The highest BCUT2D eigenvalue weighted by molar-refractivity contribution is 5.73. The molecule has 0 saturated carbocycles. The molecular formula is C10H8N2O3. The van der Waals surface area contributed by atoms with E-state index in [-0.39, 0.29) is 6.42 Å². The minimum atomic E-state index is -0.947. The molecule has 76 valence electrons. The summed E-state index contributed by atoms with van der Waals surface area (Å²) in [5.74, 6) is -0.604. The Labute approximate surface area is 85.4 Å². The first-order valence-electron chi connectivity index (χ1n) is 4.32. The monoisotopic (exact) mass is 204 g/mol. The molecule has 0 amide bonds. The molecule has 0 atom stereocenters. The van der Waals surface area contributed by atoms with E-state index in [1.807, 2.05) is 0 Å². The van der Waals surface area contributed by atoms with E-state index >= 15 is 0 Å². The lowest BCUT2D eigenvalue weighted by Crippen LogP contribution is -2.00. The number of rotatable bonds is 3. The van der Waals surface area contributed by atoms with Crippen LogP contribution in [0.15, 0.2) is 35.3 Å². The van der Waals surface area contributed by atoms with Crippen LogP contribution in [0.1, 0.15) is 5.76 Å². The van der Waals surface area contributed by atoms with Gasteiger partial charge in [0.1, 0.15) is 17.9 Å². The summed E-state index contributed by atoms with van der Waals surface area (Å²) in [7, 11) is 0. The topological polar surface area (TPSA) is 76.2 Å². The normalized spacial score (nSPS) is 10.1. The highest BCUT2D eigenvalue weighted by atomic mass is 16.4. The van der Waals surface area contributed by atoms with Crippen LogP contribution < -0.4 is 0 Å². The summed E-state index contributed by atoms with van der Waals surface area (Å²) in [5.41, 5.74) is 1.29. The fraction of sp³-hybridized carbons (Fsp3) is 0.100. The second kappa shape index (κ2) is 3.91. The summed E-state index contributed by atoms with van der Waals surface area (Å²) >= 11 is 0. The Hall–Kier alpha value is -2.17. The number of carboxylic acid groups (broad SMARTS) is 1. The molecule has 2 heterocycles. The molecule has 0 bridgehead atoms. The average Bonchev–Trinajstić information content (AvgIpc) is 2.66. The van der Waals surface area contributed by atoms with Gasteiger partial charge in [-0.2, -0.15) is 0 Å². The zero-order chi connectivity index (χ0) is 10.7. The highest BCUT2D eigenvalue weighted by Crippen LogP contribution is 2.21. The van der Waals surface area contributed by atoms with Crippen LogP contribution >= 0.6 is 0 Å². The molecule has 0 saturated heterocycles. The van der Waals surface area contributed by atoms with Gasteiger partial charge in [0.2, 0.25) is 0 Å². The summed E-state index contributed by atoms with van der Waals surface area (Å²) in [6, 6.07) is 3.56. The molecule has 0 fully saturated rings. The number of carboxylic acids is 1. The van der Waals surface area contributed by atoms with Crippen LogP contribution in [0.2, 0.25) is 0 Å². The van der Waals surface area contributed by atoms with Gasteiger partial charge in [-0.1, -0.05) is 0 Å². The van der Waals surface area contributed by atoms with Crippen molar-refractivity contribution in [2.24, 2.45) is 0 Å². The Morgan fingerprint density at radius 3 is 3.07 bits per heavy atom. The van der Waals surface area contributed by atoms with Crippen molar-refractivity contribution >= 4 is 5.97 Å². The number of hydrogen-bond acceptors (Lipinski definition) is 4. The van der Waals surface area contributed by atoms with Crippen molar-refractivity contribution in [3.63, 3.8) is 0 Å². The van der Waals surface area contributed by atoms with Gasteiger partial charge in [0.15, 0.2) is 6.39 Å². The van der Waals surface area contributed by atoms with Gasteiger partial charge in [-0.3, -0.25) is 9.78 Å². The SMILES string of the molecule is O=C(O)Cc1ocnc1-c1cccnc1. The van der Waals surface area contributed by atoms with E-state index in [1.54, 1.807) is 24.5 Å². The Morgan fingerprint density at radius 2 is 2.40 bits per heavy atom. The van der Waals surface area contributed by atoms with Crippen LogP contribution in [0.5, 0.6) is 0 Å². The fourth-order valence-electron chi connectivity index (χ4n) is 1.27. The number of aromatic nitrogens is 2. The molecule has 5 heteroatoms. The summed E-state index contributed by atoms with van der Waals surface area (Å²) in [4.78, 5) is 18.4. The molecule has 5 nitrogen and oxygen atoms in total. The van der Waals surface area contributed by atoms with E-state index in [0.717, 1.165) is 5.56 Å². The molecule has 0 aliphatic rings. The number of nitrogens with zero attached hydrogens (tertiary/aromatic N) is 2. The molecular weight excluding hydrogens is 196 g/mol. The van der Waals surface area contributed by atoms with Crippen LogP contribution in [0.4, 0.5) is 0 Å². The maximum absolute atomic E-state index is 10.5. The standard InChI is InChI=1S/C10H8N2O3/c13-9(14)4-8-10(12-6-15-8)7-2-1-3-11-5-7/h1-3,5-6H,4H2,(H,13,14). The largest absolute Gasteiger partial charge is 0.481 e. The Morgan fingerprint density at radius 1 is 1.53 bits per heavy atom. The molecule has 0 aliphatic carbocycles. The maximum Gasteiger partial charge on any atom is 0.311 e. The summed E-state index contributed by atoms with van der Waals surface area (Å²) in [6.07, 6.45) is 4.31. The summed E-state index contributed by atoms with van der Waals surface area (Å²) in [6.45, 7) is 0. The van der Waals surface area contributed by atoms with Gasteiger partial charge in [0.25, 0.3) is 0 Å². The van der Waals surface area contributed by atoms with Crippen molar-refractivity contribution in [1.82, 2.24) is 9.97 Å². The lowest BCUT2D eigenvalue weighted by atomic mass is 10.1. The van der Waals surface area contributed by atoms with Gasteiger partial charge in [0.05, 0.1) is 0 Å². The van der Waals surface area contributed by atoms with Gasteiger partial charge in [0, 0.05) is 18.0 Å². The average molecular weight is 204 g/mol. The molecule has 2 aromatic heterocycles. The quantitative estimate of drug-likeness (QED) is 0.816. The molecule has 0 aromatic carbocycles. The van der Waals surface area contributed by atoms with Crippen molar-refractivity contribution < 1.29 is 14.3 Å². The number of carbonyl (C=O) groups is 1. The summed E-state index contributed by atoms with van der Waals surface area (Å²) < 4.78 is 5.01. The van der Waals surface area contributed by atoms with E-state index in [1.165, 1.54) is 6.39 Å². The van der Waals surface area contributed by atoms with Gasteiger partial charge in [-0.05, 0) is 12.1 Å². The first kappa shape index (κ1) is 9.39. The minimum Gasteiger partial charge on any atom is -0.481 e. The lowest BCUT2D eigenvalue weighted by Gasteiger charge is -1.97. The smallest absolute Gasteiger partial charge is 0.311 e. The first-order chi connectivity index (χ1) is 7.27. The molecule has 2 aromatic rings. The zero-order valence-corrected chi connectivity index (χ0v) is 7.75. The van der Waals surface area contributed by atoms with Crippen molar-refractivity contribution in [3.8, 4) is 11.3 Å². The van der Waals surface area contributed by atoms with E-state index in [0.29, 0.717) is 11.5 Å². The van der Waals surface area contributed by atoms with Gasteiger partial charge < -0.3 is 9.52 Å². The number of oxazole rings is 1. The van der Waals surface area contributed by atoms with E-state index < -0.39 is 5.97 Å². The van der Waals surface area contributed by atoms with Gasteiger partial charge >= 0.3 is 5.97 Å². The van der Waals surface area contributed by atoms with Crippen LogP contribution in [0.3, 0.4) is 0 Å². The minimum absolute atomic E-state index is 0.176. The molecule has 0 unspecified atom stereocenters. The summed E-state index contributed by atoms with van der Waals surface area (Å²) in [5, 5.41) is 8.65. The van der Waals surface area contributed by atoms with Crippen LogP contribution in [-0.4, -0.2) is 21.0 Å². The third kappa shape index (κ3) is 2.01. The Kier molecular flexibility index (Phi) is 2.45. The van der Waals surface area contributed by atoms with E-state index in [2.05, 4.69) is 9.97 Å². The zero-order valence-electron chi connectivity index (χ0n) is 7.75. The lowest BCUT2D eigenvalue weighted by molar-refractivity contribution is -0.136. The number of aliphatic carboxylic acids is 1. The third-order valence-corrected chi connectivity index (χ3v) is 1.89. The predicted molar refractivity (Wildman–Crippen MR) is 51.1 cm³/mol. The van der Waals surface area contributed by atoms with Crippen LogP contribution in [0, 0.1) is 0 Å². The second-order valence-corrected chi connectivity index (χ2v) is 2.94. The van der Waals surface area contributed by atoms with Crippen molar-refractivity contribution in [1.29, 1.82) is 0 Å². The molecule has 0 spiro atoms. The van der Waals surface area contributed by atoms with E-state index in [4.69, 9.17) is 9.52 Å². The Balaban J connectivity index is 2.37.